The number of hydrogen-bond acceptors (Lipinski definition) is 7. The first-order valence-corrected chi connectivity index (χ1v) is 14.0. The minimum Gasteiger partial charge on any atom is -0.308 e. The second-order valence-corrected chi connectivity index (χ2v) is 11.7. The first-order chi connectivity index (χ1) is 18.2. The average molecular weight is 584 g/mol. The first-order valence-electron chi connectivity index (χ1n) is 11.1. The van der Waals surface area contributed by atoms with Gasteiger partial charge in [-0.15, -0.1) is 0 Å². The van der Waals surface area contributed by atoms with Crippen molar-refractivity contribution in [2.45, 2.75) is 29.9 Å². The van der Waals surface area contributed by atoms with Crippen LogP contribution in [0.5, 0.6) is 0 Å². The zero-order valence-electron chi connectivity index (χ0n) is 20.0. The van der Waals surface area contributed by atoms with Gasteiger partial charge in [-0.1, -0.05) is 18.2 Å². The predicted molar refractivity (Wildman–Crippen MR) is 134 cm³/mol. The lowest BCUT2D eigenvalue weighted by molar-refractivity contribution is -0.119. The van der Waals surface area contributed by atoms with E-state index < -0.39 is 48.4 Å². The Kier molecular flexibility index (Phi) is 7.27. The van der Waals surface area contributed by atoms with Crippen molar-refractivity contribution < 1.29 is 39.6 Å². The number of carbonyl (C=O) groups is 2. The number of hydrogen-bond donors (Lipinski definition) is 2. The van der Waals surface area contributed by atoms with Crippen molar-refractivity contribution in [3.63, 3.8) is 0 Å². The lowest BCUT2D eigenvalue weighted by atomic mass is 10.2. The summed E-state index contributed by atoms with van der Waals surface area (Å²) in [6, 6.07) is 10.8. The summed E-state index contributed by atoms with van der Waals surface area (Å²) >= 11 is 0. The Bertz CT molecular complexity index is 1620. The van der Waals surface area contributed by atoms with Gasteiger partial charge in [0.25, 0.3) is 15.7 Å². The van der Waals surface area contributed by atoms with Gasteiger partial charge in [-0.25, -0.2) is 18.1 Å². The molecule has 39 heavy (non-hydrogen) atoms. The first kappa shape index (κ1) is 27.8. The maximum absolute atomic E-state index is 13.2. The highest BCUT2D eigenvalue weighted by atomic mass is 32.2. The molecule has 1 atom stereocenters. The minimum absolute atomic E-state index is 0.0357. The zero-order valence-corrected chi connectivity index (χ0v) is 21.6. The topological polar surface area (TPSA) is 146 Å². The molecular formula is C23H20F3N5O6S2. The second kappa shape index (κ2) is 10.2. The van der Waals surface area contributed by atoms with Crippen LogP contribution in [0, 0.1) is 0 Å². The Labute approximate surface area is 221 Å². The quantitative estimate of drug-likeness (QED) is 0.386. The number of benzene rings is 2. The Hall–Kier alpha value is -4.18. The normalized spacial score (nSPS) is 16.5. The Morgan fingerprint density at radius 3 is 2.18 bits per heavy atom. The zero-order chi connectivity index (χ0) is 28.6. The molecule has 0 aliphatic carbocycles. The van der Waals surface area contributed by atoms with Crippen molar-refractivity contribution >= 4 is 49.0 Å². The van der Waals surface area contributed by atoms with Gasteiger partial charge in [-0.2, -0.15) is 21.6 Å². The van der Waals surface area contributed by atoms with Crippen LogP contribution in [-0.2, 0) is 31.4 Å². The molecule has 0 radical (unpaired) electrons. The van der Waals surface area contributed by atoms with E-state index in [-0.39, 0.29) is 17.9 Å². The molecule has 2 heterocycles. The fourth-order valence-electron chi connectivity index (χ4n) is 3.73. The molecule has 2 aromatic carbocycles. The molecule has 16 heteroatoms. The summed E-state index contributed by atoms with van der Waals surface area (Å²) in [6.07, 6.45) is 2.59. The number of pyridine rings is 1. The van der Waals surface area contributed by atoms with Gasteiger partial charge in [-0.3, -0.25) is 19.2 Å². The summed E-state index contributed by atoms with van der Waals surface area (Å²) in [4.78, 5) is 30.8. The number of carbonyl (C=O) groups excluding carboxylic acids is 2. The highest BCUT2D eigenvalue weighted by Gasteiger charge is 2.47. The van der Waals surface area contributed by atoms with E-state index in [1.54, 1.807) is 30.3 Å². The molecule has 1 saturated heterocycles. The van der Waals surface area contributed by atoms with Crippen LogP contribution < -0.4 is 14.3 Å². The minimum atomic E-state index is -5.61. The lowest BCUT2D eigenvalue weighted by Crippen LogP contribution is -2.34. The van der Waals surface area contributed by atoms with Gasteiger partial charge in [0, 0.05) is 6.20 Å². The summed E-state index contributed by atoms with van der Waals surface area (Å²) in [6.45, 7) is 1.19. The van der Waals surface area contributed by atoms with Crippen LogP contribution in [0.2, 0.25) is 0 Å². The van der Waals surface area contributed by atoms with E-state index in [1.165, 1.54) is 25.4 Å². The number of amides is 3. The number of imide groups is 1. The summed E-state index contributed by atoms with van der Waals surface area (Å²) in [5.74, 6) is -0.714. The van der Waals surface area contributed by atoms with Crippen LogP contribution in [0.4, 0.5) is 35.0 Å². The number of halogens is 3. The van der Waals surface area contributed by atoms with Crippen molar-refractivity contribution in [1.29, 1.82) is 0 Å². The van der Waals surface area contributed by atoms with Crippen molar-refractivity contribution in [2.24, 2.45) is 0 Å². The van der Waals surface area contributed by atoms with Crippen molar-refractivity contribution in [2.75, 3.05) is 14.3 Å². The van der Waals surface area contributed by atoms with E-state index in [0.717, 1.165) is 17.0 Å². The van der Waals surface area contributed by atoms with E-state index in [9.17, 15) is 39.6 Å². The van der Waals surface area contributed by atoms with Crippen LogP contribution in [-0.4, -0.2) is 50.2 Å². The molecule has 1 aliphatic heterocycles. The fraction of sp³-hybridized carbons (Fsp3) is 0.174. The lowest BCUT2D eigenvalue weighted by Gasteiger charge is -2.21. The second-order valence-electron chi connectivity index (χ2n) is 8.31. The average Bonchev–Trinajstić information content (AvgIpc) is 3.07. The molecular weight excluding hydrogens is 563 g/mol. The molecule has 4 rings (SSSR count). The molecule has 206 valence electrons. The van der Waals surface area contributed by atoms with Gasteiger partial charge in [0.05, 0.1) is 34.7 Å². The number of urea groups is 1. The van der Waals surface area contributed by atoms with E-state index in [1.807, 2.05) is 0 Å². The predicted octanol–water partition coefficient (Wildman–Crippen LogP) is 3.50. The summed E-state index contributed by atoms with van der Waals surface area (Å²) in [5.41, 5.74) is -5.02. The molecule has 1 aliphatic rings. The van der Waals surface area contributed by atoms with Gasteiger partial charge in [0.15, 0.2) is 0 Å². The summed E-state index contributed by atoms with van der Waals surface area (Å²) in [7, 11) is -9.72. The smallest absolute Gasteiger partial charge is 0.308 e. The van der Waals surface area contributed by atoms with E-state index >= 15 is 0 Å². The maximum Gasteiger partial charge on any atom is 0.501 e. The monoisotopic (exact) mass is 583 g/mol. The van der Waals surface area contributed by atoms with Crippen LogP contribution >= 0.6 is 0 Å². The van der Waals surface area contributed by atoms with Crippen molar-refractivity contribution in [1.82, 2.24) is 9.88 Å². The van der Waals surface area contributed by atoms with Crippen LogP contribution in [0.25, 0.3) is 0 Å². The maximum atomic E-state index is 13.2. The van der Waals surface area contributed by atoms with Crippen molar-refractivity contribution in [3.8, 4) is 0 Å². The van der Waals surface area contributed by atoms with Crippen LogP contribution in [0.3, 0.4) is 0 Å². The van der Waals surface area contributed by atoms with Gasteiger partial charge in [0.2, 0.25) is 0 Å². The third kappa shape index (κ3) is 5.65. The summed E-state index contributed by atoms with van der Waals surface area (Å²) in [5, 5.41) is 0. The number of para-hydroxylation sites is 1. The molecule has 11 nitrogen and oxygen atoms in total. The SMILES string of the molecule is CC1C(=O)N(c2ccc(S(=O)(=O)C(F)(F)F)cc2)C(=O)N1Cc1ccncc1NS(=O)(=O)Nc1ccccc1. The Morgan fingerprint density at radius 2 is 1.56 bits per heavy atom. The largest absolute Gasteiger partial charge is 0.501 e. The van der Waals surface area contributed by atoms with Crippen molar-refractivity contribution in [3.05, 3.63) is 78.6 Å². The third-order valence-corrected chi connectivity index (χ3v) is 8.21. The molecule has 3 aromatic rings. The highest BCUT2D eigenvalue weighted by molar-refractivity contribution is 7.94. The van der Waals surface area contributed by atoms with Gasteiger partial charge in [0.1, 0.15) is 6.04 Å². The highest BCUT2D eigenvalue weighted by Crippen LogP contribution is 2.33. The van der Waals surface area contributed by atoms with Gasteiger partial charge in [-0.05, 0) is 55.0 Å². The van der Waals surface area contributed by atoms with Gasteiger partial charge < -0.3 is 4.90 Å². The standard InChI is InChI=1S/C23H20F3N5O6S2/c1-15-21(32)31(18-7-9-19(10-8-18)38(34,35)23(24,25)26)22(33)30(15)14-16-11-12-27-13-20(16)29-39(36,37)28-17-5-3-2-4-6-17/h2-13,15,28-29H,14H2,1H3. The number of aromatic nitrogens is 1. The van der Waals surface area contributed by atoms with E-state index in [4.69, 9.17) is 0 Å². The number of sulfone groups is 1. The van der Waals surface area contributed by atoms with E-state index in [2.05, 4.69) is 14.4 Å². The molecule has 3 amide bonds. The molecule has 2 N–H and O–H groups in total. The number of nitrogens with zero attached hydrogens (tertiary/aromatic N) is 3. The van der Waals surface area contributed by atoms with Gasteiger partial charge >= 0.3 is 21.7 Å². The Balaban J connectivity index is 1.55. The van der Waals surface area contributed by atoms with E-state index in [0.29, 0.717) is 28.3 Å². The third-order valence-electron chi connectivity index (χ3n) is 5.71. The summed E-state index contributed by atoms with van der Waals surface area (Å²) < 4.78 is 91.7. The molecule has 1 unspecified atom stereocenters. The molecule has 0 saturated carbocycles. The van der Waals surface area contributed by atoms with Crippen LogP contribution in [0.1, 0.15) is 12.5 Å². The number of nitrogens with one attached hydrogen (secondary N) is 2. The molecule has 0 bridgehead atoms. The molecule has 1 aromatic heterocycles. The molecule has 0 spiro atoms. The fourth-order valence-corrected chi connectivity index (χ4v) is 5.46. The number of anilines is 3. The number of alkyl halides is 3. The van der Waals surface area contributed by atoms with Crippen LogP contribution in [0.15, 0.2) is 78.0 Å². The molecule has 1 fully saturated rings. The Morgan fingerprint density at radius 1 is 0.923 bits per heavy atom. The number of rotatable bonds is 8.